The fourth-order valence-corrected chi connectivity index (χ4v) is 2.80. The first-order valence-corrected chi connectivity index (χ1v) is 7.85. The van der Waals surface area contributed by atoms with E-state index in [0.29, 0.717) is 5.69 Å². The first kappa shape index (κ1) is 14.9. The average Bonchev–Trinajstić information content (AvgIpc) is 3.21. The Morgan fingerprint density at radius 1 is 1.05 bits per heavy atom. The van der Waals surface area contributed by atoms with E-state index in [2.05, 4.69) is 15.2 Å². The highest BCUT2D eigenvalue weighted by molar-refractivity contribution is 5.68. The van der Waals surface area contributed by atoms with Crippen LogP contribution in [0.4, 0.5) is 0 Å². The molecule has 0 bridgehead atoms. The maximum Gasteiger partial charge on any atom is 0.115 e. The Balaban J connectivity index is 1.73. The largest absolute Gasteiger partial charge is 0.390 e. The second-order valence-electron chi connectivity index (χ2n) is 5.60. The third-order valence-electron chi connectivity index (χ3n) is 4.06. The Labute approximate surface area is 130 Å². The van der Waals surface area contributed by atoms with E-state index in [0.717, 1.165) is 24.3 Å². The van der Waals surface area contributed by atoms with E-state index in [1.807, 2.05) is 47.2 Å². The molecule has 0 amide bonds. The molecule has 3 rings (SSSR count). The number of rotatable bonds is 6. The van der Waals surface area contributed by atoms with Gasteiger partial charge in [0.25, 0.3) is 0 Å². The lowest BCUT2D eigenvalue weighted by molar-refractivity contribution is 0.276. The maximum absolute atomic E-state index is 9.45. The summed E-state index contributed by atoms with van der Waals surface area (Å²) < 4.78 is 1.89. The van der Waals surface area contributed by atoms with E-state index >= 15 is 0 Å². The van der Waals surface area contributed by atoms with Gasteiger partial charge in [0, 0.05) is 6.54 Å². The van der Waals surface area contributed by atoms with Gasteiger partial charge < -0.3 is 10.0 Å². The Morgan fingerprint density at radius 3 is 2.55 bits per heavy atom. The van der Waals surface area contributed by atoms with Crippen LogP contribution in [0.2, 0.25) is 0 Å². The van der Waals surface area contributed by atoms with Crippen molar-refractivity contribution in [2.45, 2.75) is 26.0 Å². The van der Waals surface area contributed by atoms with Gasteiger partial charge in [-0.3, -0.25) is 0 Å². The van der Waals surface area contributed by atoms with Crippen molar-refractivity contribution in [1.82, 2.24) is 19.9 Å². The molecular formula is C17H22N4O. The molecule has 1 aliphatic heterocycles. The average molecular weight is 298 g/mol. The highest BCUT2D eigenvalue weighted by Crippen LogP contribution is 2.13. The van der Waals surface area contributed by atoms with Gasteiger partial charge in [-0.2, -0.15) is 0 Å². The lowest BCUT2D eigenvalue weighted by atomic mass is 10.2. The molecule has 116 valence electrons. The summed E-state index contributed by atoms with van der Waals surface area (Å²) >= 11 is 0. The molecule has 1 aliphatic rings. The van der Waals surface area contributed by atoms with E-state index in [1.165, 1.54) is 25.9 Å². The minimum Gasteiger partial charge on any atom is -0.390 e. The van der Waals surface area contributed by atoms with Gasteiger partial charge in [-0.15, -0.1) is 5.10 Å². The number of aliphatic hydroxyl groups excluding tert-OH is 1. The van der Waals surface area contributed by atoms with E-state index < -0.39 is 0 Å². The summed E-state index contributed by atoms with van der Waals surface area (Å²) in [5.74, 6) is 0. The van der Waals surface area contributed by atoms with Crippen LogP contribution in [0.25, 0.3) is 12.2 Å². The van der Waals surface area contributed by atoms with Crippen LogP contribution in [-0.2, 0) is 13.2 Å². The highest BCUT2D eigenvalue weighted by Gasteiger charge is 2.14. The van der Waals surface area contributed by atoms with Gasteiger partial charge in [-0.05, 0) is 37.6 Å². The second kappa shape index (κ2) is 7.33. The zero-order valence-corrected chi connectivity index (χ0v) is 12.7. The van der Waals surface area contributed by atoms with Crippen LogP contribution >= 0.6 is 0 Å². The van der Waals surface area contributed by atoms with Crippen LogP contribution in [-0.4, -0.2) is 44.6 Å². The molecule has 1 saturated heterocycles. The summed E-state index contributed by atoms with van der Waals surface area (Å²) in [4.78, 5) is 2.45. The van der Waals surface area contributed by atoms with Gasteiger partial charge >= 0.3 is 0 Å². The molecule has 1 aromatic carbocycles. The molecule has 1 aromatic heterocycles. The molecule has 5 nitrogen and oxygen atoms in total. The molecule has 0 unspecified atom stereocenters. The van der Waals surface area contributed by atoms with Gasteiger partial charge in [0.2, 0.25) is 0 Å². The lowest BCUT2D eigenvalue weighted by Gasteiger charge is -2.14. The van der Waals surface area contributed by atoms with Crippen molar-refractivity contribution in [2.24, 2.45) is 0 Å². The summed E-state index contributed by atoms with van der Waals surface area (Å²) in [6.07, 6.45) is 6.61. The molecule has 5 heteroatoms. The van der Waals surface area contributed by atoms with Gasteiger partial charge in [0.05, 0.1) is 18.8 Å². The number of benzene rings is 1. The summed E-state index contributed by atoms with van der Waals surface area (Å²) in [5, 5.41) is 17.7. The normalized spacial score (nSPS) is 15.9. The first-order chi connectivity index (χ1) is 10.9. The fourth-order valence-electron chi connectivity index (χ4n) is 2.80. The van der Waals surface area contributed by atoms with Crippen LogP contribution in [0.1, 0.15) is 29.8 Å². The Morgan fingerprint density at radius 2 is 1.82 bits per heavy atom. The van der Waals surface area contributed by atoms with Crippen LogP contribution in [0, 0.1) is 0 Å². The topological polar surface area (TPSA) is 54.2 Å². The van der Waals surface area contributed by atoms with Gasteiger partial charge in [0.15, 0.2) is 0 Å². The highest BCUT2D eigenvalue weighted by atomic mass is 16.3. The number of aliphatic hydroxyl groups is 1. The standard InChI is InChI=1S/C17H22N4O/c22-14-16-17(9-8-15-6-2-1-3-7-15)21(19-18-16)13-12-20-10-4-5-11-20/h1-3,6-9,22H,4-5,10-14H2/b9-8+. The Bertz CT molecular complexity index is 615. The molecule has 2 aromatic rings. The monoisotopic (exact) mass is 298 g/mol. The predicted octanol–water partition coefficient (Wildman–Crippen LogP) is 2.04. The molecule has 0 saturated carbocycles. The van der Waals surface area contributed by atoms with E-state index in [9.17, 15) is 5.11 Å². The van der Waals surface area contributed by atoms with Gasteiger partial charge in [-0.25, -0.2) is 4.68 Å². The van der Waals surface area contributed by atoms with Crippen molar-refractivity contribution in [3.05, 3.63) is 47.3 Å². The minimum absolute atomic E-state index is 0.0851. The van der Waals surface area contributed by atoms with E-state index in [-0.39, 0.29) is 6.61 Å². The molecule has 0 aliphatic carbocycles. The number of aromatic nitrogens is 3. The van der Waals surface area contributed by atoms with Crippen molar-refractivity contribution in [3.63, 3.8) is 0 Å². The number of hydrogen-bond acceptors (Lipinski definition) is 4. The lowest BCUT2D eigenvalue weighted by Crippen LogP contribution is -2.24. The first-order valence-electron chi connectivity index (χ1n) is 7.85. The molecule has 1 N–H and O–H groups in total. The molecule has 0 atom stereocenters. The molecule has 1 fully saturated rings. The third kappa shape index (κ3) is 3.61. The summed E-state index contributed by atoms with van der Waals surface area (Å²) in [7, 11) is 0. The summed E-state index contributed by atoms with van der Waals surface area (Å²) in [5.41, 5.74) is 2.65. The summed E-state index contributed by atoms with van der Waals surface area (Å²) in [6, 6.07) is 10.1. The number of hydrogen-bond donors (Lipinski definition) is 1. The SMILES string of the molecule is OCc1nnn(CCN2CCCC2)c1/C=C/c1ccccc1. The zero-order valence-electron chi connectivity index (χ0n) is 12.7. The Kier molecular flexibility index (Phi) is 4.98. The second-order valence-corrected chi connectivity index (χ2v) is 5.60. The fraction of sp³-hybridized carbons (Fsp3) is 0.412. The van der Waals surface area contributed by atoms with E-state index in [1.54, 1.807) is 0 Å². The smallest absolute Gasteiger partial charge is 0.115 e. The quantitative estimate of drug-likeness (QED) is 0.886. The van der Waals surface area contributed by atoms with Gasteiger partial charge in [-0.1, -0.05) is 41.6 Å². The van der Waals surface area contributed by atoms with Crippen molar-refractivity contribution < 1.29 is 5.11 Å². The van der Waals surface area contributed by atoms with Crippen LogP contribution in [0.3, 0.4) is 0 Å². The molecule has 2 heterocycles. The van der Waals surface area contributed by atoms with Crippen molar-refractivity contribution >= 4 is 12.2 Å². The minimum atomic E-state index is -0.0851. The molecule has 22 heavy (non-hydrogen) atoms. The molecular weight excluding hydrogens is 276 g/mol. The van der Waals surface area contributed by atoms with Crippen LogP contribution in [0.5, 0.6) is 0 Å². The molecule has 0 spiro atoms. The van der Waals surface area contributed by atoms with Crippen molar-refractivity contribution in [1.29, 1.82) is 0 Å². The van der Waals surface area contributed by atoms with Crippen LogP contribution in [0.15, 0.2) is 30.3 Å². The van der Waals surface area contributed by atoms with Crippen molar-refractivity contribution in [2.75, 3.05) is 19.6 Å². The molecule has 0 radical (unpaired) electrons. The Hall–Kier alpha value is -1.98. The summed E-state index contributed by atoms with van der Waals surface area (Å²) in [6.45, 7) is 4.06. The van der Waals surface area contributed by atoms with E-state index in [4.69, 9.17) is 0 Å². The number of nitrogens with zero attached hydrogens (tertiary/aromatic N) is 4. The zero-order chi connectivity index (χ0) is 15.2. The van der Waals surface area contributed by atoms with Crippen molar-refractivity contribution in [3.8, 4) is 0 Å². The predicted molar refractivity (Wildman–Crippen MR) is 87.0 cm³/mol. The van der Waals surface area contributed by atoms with Crippen LogP contribution < -0.4 is 0 Å². The number of likely N-dealkylation sites (tertiary alicyclic amines) is 1. The third-order valence-corrected chi connectivity index (χ3v) is 4.06. The van der Waals surface area contributed by atoms with Gasteiger partial charge in [0.1, 0.15) is 5.69 Å². The maximum atomic E-state index is 9.45.